The van der Waals surface area contributed by atoms with Crippen LogP contribution in [0.5, 0.6) is 5.75 Å². The number of anilines is 1. The number of hydrogen-bond donors (Lipinski definition) is 2. The highest BCUT2D eigenvalue weighted by Crippen LogP contribution is 2.28. The van der Waals surface area contributed by atoms with E-state index in [1.165, 1.54) is 0 Å². The quantitative estimate of drug-likeness (QED) is 0.828. The molecule has 0 atom stereocenters. The minimum absolute atomic E-state index is 0.545. The number of hydrogen-bond acceptors (Lipinski definition) is 5. The molecular weight excluding hydrogens is 240 g/mol. The highest BCUT2D eigenvalue weighted by Gasteiger charge is 2.07. The third-order valence-electron chi connectivity index (χ3n) is 2.55. The van der Waals surface area contributed by atoms with E-state index in [1.807, 2.05) is 37.3 Å². The van der Waals surface area contributed by atoms with Crippen LogP contribution in [0.15, 0.2) is 36.5 Å². The average molecular weight is 258 g/mol. The van der Waals surface area contributed by atoms with Crippen LogP contribution >= 0.6 is 0 Å². The Morgan fingerprint density at radius 2 is 2.11 bits per heavy atom. The molecule has 0 saturated heterocycles. The summed E-state index contributed by atoms with van der Waals surface area (Å²) < 4.78 is 5.61. The van der Waals surface area contributed by atoms with Gasteiger partial charge >= 0.3 is 0 Å². The number of nitrogens with zero attached hydrogens (tertiary/aromatic N) is 2. The molecule has 2 aromatic rings. The third-order valence-corrected chi connectivity index (χ3v) is 2.55. The lowest BCUT2D eigenvalue weighted by molar-refractivity contribution is 0.341. The van der Waals surface area contributed by atoms with Gasteiger partial charge in [0.1, 0.15) is 5.75 Å². The van der Waals surface area contributed by atoms with E-state index in [-0.39, 0.29) is 0 Å². The first-order chi connectivity index (χ1) is 9.35. The van der Waals surface area contributed by atoms with Gasteiger partial charge in [-0.15, -0.1) is 0 Å². The van der Waals surface area contributed by atoms with Crippen molar-refractivity contribution in [1.82, 2.24) is 9.97 Å². The Hall–Kier alpha value is -2.14. The monoisotopic (exact) mass is 258 g/mol. The summed E-state index contributed by atoms with van der Waals surface area (Å²) in [6.45, 7) is 3.78. The number of para-hydroxylation sites is 1. The van der Waals surface area contributed by atoms with Crippen LogP contribution in [0.25, 0.3) is 11.3 Å². The fourth-order valence-electron chi connectivity index (χ4n) is 1.74. The number of ether oxygens (including phenoxy) is 1. The van der Waals surface area contributed by atoms with Crippen LogP contribution in [0.3, 0.4) is 0 Å². The van der Waals surface area contributed by atoms with Crippen LogP contribution in [0, 0.1) is 0 Å². The molecule has 1 heterocycles. The maximum absolute atomic E-state index is 5.61. The van der Waals surface area contributed by atoms with Crippen LogP contribution in [-0.2, 0) is 0 Å². The molecule has 0 unspecified atom stereocenters. The maximum Gasteiger partial charge on any atom is 0.223 e. The largest absolute Gasteiger partial charge is 0.493 e. The molecule has 0 spiro atoms. The zero-order chi connectivity index (χ0) is 13.5. The van der Waals surface area contributed by atoms with Gasteiger partial charge in [-0.05, 0) is 25.1 Å². The molecule has 1 aromatic heterocycles. The van der Waals surface area contributed by atoms with Gasteiger partial charge < -0.3 is 15.8 Å². The SMILES string of the molecule is CCOc1ccccc1-c1ccnc(NCCN)n1. The van der Waals surface area contributed by atoms with Crippen molar-refractivity contribution in [3.63, 3.8) is 0 Å². The van der Waals surface area contributed by atoms with Gasteiger partial charge in [0, 0.05) is 24.8 Å². The molecule has 0 amide bonds. The van der Waals surface area contributed by atoms with E-state index in [0.29, 0.717) is 25.6 Å². The van der Waals surface area contributed by atoms with Crippen molar-refractivity contribution in [2.45, 2.75) is 6.92 Å². The minimum atomic E-state index is 0.545. The van der Waals surface area contributed by atoms with E-state index in [0.717, 1.165) is 17.0 Å². The van der Waals surface area contributed by atoms with Gasteiger partial charge in [0.15, 0.2) is 0 Å². The number of benzene rings is 1. The van der Waals surface area contributed by atoms with Gasteiger partial charge in [-0.1, -0.05) is 12.1 Å². The number of nitrogens with two attached hydrogens (primary N) is 1. The molecule has 2 rings (SSSR count). The fraction of sp³-hybridized carbons (Fsp3) is 0.286. The minimum Gasteiger partial charge on any atom is -0.493 e. The zero-order valence-corrected chi connectivity index (χ0v) is 11.0. The molecule has 19 heavy (non-hydrogen) atoms. The molecule has 5 nitrogen and oxygen atoms in total. The zero-order valence-electron chi connectivity index (χ0n) is 11.0. The van der Waals surface area contributed by atoms with Gasteiger partial charge in [0.05, 0.1) is 12.3 Å². The van der Waals surface area contributed by atoms with Crippen LogP contribution in [-0.4, -0.2) is 29.7 Å². The van der Waals surface area contributed by atoms with E-state index < -0.39 is 0 Å². The Morgan fingerprint density at radius 1 is 1.26 bits per heavy atom. The van der Waals surface area contributed by atoms with Crippen LogP contribution in [0.1, 0.15) is 6.92 Å². The average Bonchev–Trinajstić information content (AvgIpc) is 2.46. The highest BCUT2D eigenvalue weighted by atomic mass is 16.5. The lowest BCUT2D eigenvalue weighted by atomic mass is 10.1. The summed E-state index contributed by atoms with van der Waals surface area (Å²) in [6, 6.07) is 9.70. The van der Waals surface area contributed by atoms with E-state index in [2.05, 4.69) is 15.3 Å². The van der Waals surface area contributed by atoms with E-state index >= 15 is 0 Å². The van der Waals surface area contributed by atoms with E-state index in [4.69, 9.17) is 10.5 Å². The molecule has 5 heteroatoms. The molecule has 0 aliphatic carbocycles. The van der Waals surface area contributed by atoms with Crippen molar-refractivity contribution in [2.24, 2.45) is 5.73 Å². The molecule has 0 aliphatic heterocycles. The van der Waals surface area contributed by atoms with Crippen molar-refractivity contribution in [1.29, 1.82) is 0 Å². The summed E-state index contributed by atoms with van der Waals surface area (Å²) >= 11 is 0. The second kappa shape index (κ2) is 6.70. The second-order valence-electron chi connectivity index (χ2n) is 3.91. The van der Waals surface area contributed by atoms with Gasteiger partial charge in [-0.25, -0.2) is 9.97 Å². The molecule has 0 aliphatic rings. The van der Waals surface area contributed by atoms with Crippen LogP contribution in [0.2, 0.25) is 0 Å². The molecule has 0 saturated carbocycles. The summed E-state index contributed by atoms with van der Waals surface area (Å²) in [4.78, 5) is 8.63. The molecule has 100 valence electrons. The maximum atomic E-state index is 5.61. The molecule has 3 N–H and O–H groups in total. The normalized spacial score (nSPS) is 10.2. The lowest BCUT2D eigenvalue weighted by Crippen LogP contribution is -2.14. The first-order valence-corrected chi connectivity index (χ1v) is 6.34. The van der Waals surface area contributed by atoms with Gasteiger partial charge in [-0.2, -0.15) is 0 Å². The molecule has 1 aromatic carbocycles. The first-order valence-electron chi connectivity index (χ1n) is 6.34. The highest BCUT2D eigenvalue weighted by molar-refractivity contribution is 5.67. The van der Waals surface area contributed by atoms with Crippen molar-refractivity contribution in [3.05, 3.63) is 36.5 Å². The Labute approximate surface area is 112 Å². The molecular formula is C14H18N4O. The summed E-state index contributed by atoms with van der Waals surface area (Å²) in [7, 11) is 0. The molecule has 0 bridgehead atoms. The molecule has 0 fully saturated rings. The van der Waals surface area contributed by atoms with Gasteiger partial charge in [-0.3, -0.25) is 0 Å². The van der Waals surface area contributed by atoms with Crippen LogP contribution in [0.4, 0.5) is 5.95 Å². The standard InChI is InChI=1S/C14H18N4O/c1-2-19-13-6-4-3-5-11(13)12-7-9-16-14(18-12)17-10-8-15/h3-7,9H,2,8,10,15H2,1H3,(H,16,17,18). The summed E-state index contributed by atoms with van der Waals surface area (Å²) in [5.41, 5.74) is 7.24. The van der Waals surface area contributed by atoms with Crippen molar-refractivity contribution < 1.29 is 4.74 Å². The third kappa shape index (κ3) is 3.42. The Kier molecular flexibility index (Phi) is 4.69. The number of aromatic nitrogens is 2. The lowest BCUT2D eigenvalue weighted by Gasteiger charge is -2.10. The predicted molar refractivity (Wildman–Crippen MR) is 76.2 cm³/mol. The fourth-order valence-corrected chi connectivity index (χ4v) is 1.74. The van der Waals surface area contributed by atoms with Crippen molar-refractivity contribution in [2.75, 3.05) is 25.0 Å². The Balaban J connectivity index is 2.30. The number of rotatable bonds is 6. The van der Waals surface area contributed by atoms with Gasteiger partial charge in [0.25, 0.3) is 0 Å². The first kappa shape index (κ1) is 13.3. The molecule has 0 radical (unpaired) electrons. The topological polar surface area (TPSA) is 73.1 Å². The van der Waals surface area contributed by atoms with E-state index in [9.17, 15) is 0 Å². The van der Waals surface area contributed by atoms with Crippen molar-refractivity contribution >= 4 is 5.95 Å². The van der Waals surface area contributed by atoms with Crippen molar-refractivity contribution in [3.8, 4) is 17.0 Å². The summed E-state index contributed by atoms with van der Waals surface area (Å²) in [5.74, 6) is 1.41. The number of nitrogens with one attached hydrogen (secondary N) is 1. The Bertz CT molecular complexity index is 530. The van der Waals surface area contributed by atoms with Gasteiger partial charge in [0.2, 0.25) is 5.95 Å². The Morgan fingerprint density at radius 3 is 2.89 bits per heavy atom. The smallest absolute Gasteiger partial charge is 0.223 e. The van der Waals surface area contributed by atoms with Crippen LogP contribution < -0.4 is 15.8 Å². The predicted octanol–water partition coefficient (Wildman–Crippen LogP) is 1.91. The summed E-state index contributed by atoms with van der Waals surface area (Å²) in [5, 5.41) is 3.07. The van der Waals surface area contributed by atoms with E-state index in [1.54, 1.807) is 6.20 Å². The second-order valence-corrected chi connectivity index (χ2v) is 3.91. The summed E-state index contributed by atoms with van der Waals surface area (Å²) in [6.07, 6.45) is 1.73.